The van der Waals surface area contributed by atoms with Crippen LogP contribution in [-0.2, 0) is 9.53 Å². The molecule has 1 fully saturated rings. The molecule has 1 unspecified atom stereocenters. The van der Waals surface area contributed by atoms with Crippen molar-refractivity contribution < 1.29 is 13.9 Å². The largest absolute Gasteiger partial charge is 0.466 e. The van der Waals surface area contributed by atoms with Gasteiger partial charge >= 0.3 is 5.97 Å². The normalized spacial score (nSPS) is 28.3. The van der Waals surface area contributed by atoms with E-state index in [2.05, 4.69) is 11.8 Å². The molecule has 112 valence electrons. The van der Waals surface area contributed by atoms with Crippen LogP contribution in [0.5, 0.6) is 0 Å². The van der Waals surface area contributed by atoms with Crippen LogP contribution in [0.2, 0.25) is 0 Å². The molecule has 0 aromatic heterocycles. The van der Waals surface area contributed by atoms with Gasteiger partial charge in [-0.15, -0.1) is 5.92 Å². The van der Waals surface area contributed by atoms with Crippen LogP contribution in [0, 0.1) is 17.8 Å². The third-order valence-electron chi connectivity index (χ3n) is 4.05. The van der Waals surface area contributed by atoms with Crippen molar-refractivity contribution in [3.8, 4) is 11.8 Å². The number of benzene rings is 1. The molecule has 0 bridgehead atoms. The summed E-state index contributed by atoms with van der Waals surface area (Å²) in [7, 11) is 0. The number of halogens is 1. The van der Waals surface area contributed by atoms with Gasteiger partial charge in [0.2, 0.25) is 0 Å². The molecular weight excluding hydrogens is 267 g/mol. The monoisotopic (exact) mass is 288 g/mol. The maximum absolute atomic E-state index is 14.8. The van der Waals surface area contributed by atoms with Gasteiger partial charge in [0.1, 0.15) is 0 Å². The lowest BCUT2D eigenvalue weighted by atomic mass is 9.70. The molecule has 3 heteroatoms. The van der Waals surface area contributed by atoms with Gasteiger partial charge in [-0.2, -0.15) is 0 Å². The molecule has 0 radical (unpaired) electrons. The van der Waals surface area contributed by atoms with Crippen molar-refractivity contribution in [3.63, 3.8) is 0 Å². The number of hydrogen-bond donors (Lipinski definition) is 0. The Morgan fingerprint density at radius 1 is 1.43 bits per heavy atom. The van der Waals surface area contributed by atoms with Crippen LogP contribution in [0.25, 0.3) is 0 Å². The van der Waals surface area contributed by atoms with Gasteiger partial charge in [0.25, 0.3) is 0 Å². The van der Waals surface area contributed by atoms with E-state index in [1.807, 2.05) is 30.3 Å². The average Bonchev–Trinajstić information content (AvgIpc) is 2.48. The van der Waals surface area contributed by atoms with Gasteiger partial charge in [-0.25, -0.2) is 4.39 Å². The molecule has 1 aliphatic carbocycles. The van der Waals surface area contributed by atoms with Crippen molar-refractivity contribution in [1.29, 1.82) is 0 Å². The van der Waals surface area contributed by atoms with Crippen LogP contribution in [0.15, 0.2) is 30.3 Å². The van der Waals surface area contributed by atoms with Gasteiger partial charge in [0, 0.05) is 12.3 Å². The summed E-state index contributed by atoms with van der Waals surface area (Å²) in [4.78, 5) is 12.2. The fraction of sp³-hybridized carbons (Fsp3) is 0.500. The predicted molar refractivity (Wildman–Crippen MR) is 80.4 cm³/mol. The maximum Gasteiger partial charge on any atom is 0.309 e. The lowest BCUT2D eigenvalue weighted by molar-refractivity contribution is -0.150. The van der Waals surface area contributed by atoms with Crippen molar-refractivity contribution in [2.45, 2.75) is 44.7 Å². The van der Waals surface area contributed by atoms with E-state index in [4.69, 9.17) is 4.74 Å². The zero-order chi connectivity index (χ0) is 15.3. The summed E-state index contributed by atoms with van der Waals surface area (Å²) in [6.07, 6.45) is 1.02. The van der Waals surface area contributed by atoms with Crippen molar-refractivity contribution in [2.24, 2.45) is 5.92 Å². The van der Waals surface area contributed by atoms with Gasteiger partial charge in [-0.05, 0) is 32.3 Å². The standard InChI is InChI=1S/C18H21FO2/c1-3-11-18(19)12-10-15(17(20)21-4-2)16(13-18)14-8-6-5-7-9-14/h5-9,15-16H,4,10,12-13H2,1-2H3/t15-,16+,18?/m1/s1. The van der Waals surface area contributed by atoms with E-state index in [0.717, 1.165) is 5.56 Å². The second-order valence-corrected chi connectivity index (χ2v) is 5.46. The Balaban J connectivity index is 2.29. The first-order valence-corrected chi connectivity index (χ1v) is 7.44. The molecule has 1 saturated carbocycles. The molecule has 0 spiro atoms. The van der Waals surface area contributed by atoms with Crippen LogP contribution >= 0.6 is 0 Å². The first-order chi connectivity index (χ1) is 10.1. The highest BCUT2D eigenvalue weighted by molar-refractivity contribution is 5.74. The Hall–Kier alpha value is -1.82. The zero-order valence-corrected chi connectivity index (χ0v) is 12.6. The topological polar surface area (TPSA) is 26.3 Å². The SMILES string of the molecule is CC#CC1(F)CC[C@@H](C(=O)OCC)[C@H](c2ccccc2)C1. The number of rotatable bonds is 3. The Kier molecular flexibility index (Phi) is 5.01. The summed E-state index contributed by atoms with van der Waals surface area (Å²) in [5.74, 6) is 4.68. The molecule has 21 heavy (non-hydrogen) atoms. The van der Waals surface area contributed by atoms with Crippen molar-refractivity contribution in [3.05, 3.63) is 35.9 Å². The van der Waals surface area contributed by atoms with Crippen LogP contribution in [-0.4, -0.2) is 18.2 Å². The lowest BCUT2D eigenvalue weighted by Crippen LogP contribution is -2.37. The molecule has 0 aliphatic heterocycles. The number of carbonyl (C=O) groups is 1. The Bertz CT molecular complexity index is 543. The average molecular weight is 288 g/mol. The third kappa shape index (κ3) is 3.64. The number of carbonyl (C=O) groups excluding carboxylic acids is 1. The smallest absolute Gasteiger partial charge is 0.309 e. The van der Waals surface area contributed by atoms with Crippen LogP contribution in [0.4, 0.5) is 4.39 Å². The van der Waals surface area contributed by atoms with E-state index >= 15 is 0 Å². The van der Waals surface area contributed by atoms with E-state index in [-0.39, 0.29) is 24.2 Å². The number of esters is 1. The summed E-state index contributed by atoms with van der Waals surface area (Å²) >= 11 is 0. The second-order valence-electron chi connectivity index (χ2n) is 5.46. The van der Waals surface area contributed by atoms with Crippen LogP contribution in [0.3, 0.4) is 0 Å². The second kappa shape index (κ2) is 6.76. The molecule has 0 amide bonds. The van der Waals surface area contributed by atoms with Crippen molar-refractivity contribution in [2.75, 3.05) is 6.61 Å². The van der Waals surface area contributed by atoms with E-state index in [0.29, 0.717) is 19.4 Å². The molecule has 0 heterocycles. The highest BCUT2D eigenvalue weighted by atomic mass is 19.1. The highest BCUT2D eigenvalue weighted by Crippen LogP contribution is 2.44. The quantitative estimate of drug-likeness (QED) is 0.623. The molecule has 1 aromatic rings. The van der Waals surface area contributed by atoms with E-state index in [9.17, 15) is 9.18 Å². The molecule has 2 rings (SSSR count). The van der Waals surface area contributed by atoms with Gasteiger partial charge in [0.15, 0.2) is 5.67 Å². The Morgan fingerprint density at radius 2 is 2.14 bits per heavy atom. The minimum Gasteiger partial charge on any atom is -0.466 e. The van der Waals surface area contributed by atoms with E-state index in [1.165, 1.54) is 0 Å². The molecular formula is C18H21FO2. The lowest BCUT2D eigenvalue weighted by Gasteiger charge is -2.36. The van der Waals surface area contributed by atoms with E-state index < -0.39 is 5.67 Å². The predicted octanol–water partition coefficient (Wildman–Crippen LogP) is 3.87. The van der Waals surface area contributed by atoms with Crippen LogP contribution in [0.1, 0.15) is 44.6 Å². The minimum absolute atomic E-state index is 0.176. The summed E-state index contributed by atoms with van der Waals surface area (Å²) in [5, 5.41) is 0. The van der Waals surface area contributed by atoms with Crippen molar-refractivity contribution >= 4 is 5.97 Å². The van der Waals surface area contributed by atoms with Gasteiger partial charge in [-0.1, -0.05) is 36.3 Å². The first-order valence-electron chi connectivity index (χ1n) is 7.44. The molecule has 1 aromatic carbocycles. The number of hydrogen-bond acceptors (Lipinski definition) is 2. The third-order valence-corrected chi connectivity index (χ3v) is 4.05. The van der Waals surface area contributed by atoms with Gasteiger partial charge in [0.05, 0.1) is 12.5 Å². The molecule has 1 aliphatic rings. The molecule has 0 N–H and O–H groups in total. The first kappa shape index (κ1) is 15.6. The van der Waals surface area contributed by atoms with Gasteiger partial charge < -0.3 is 4.74 Å². The Morgan fingerprint density at radius 3 is 2.76 bits per heavy atom. The fourth-order valence-corrected chi connectivity index (χ4v) is 3.10. The highest BCUT2D eigenvalue weighted by Gasteiger charge is 2.44. The fourth-order valence-electron chi connectivity index (χ4n) is 3.10. The molecule has 3 atom stereocenters. The minimum atomic E-state index is -1.50. The molecule has 2 nitrogen and oxygen atoms in total. The molecule has 0 saturated heterocycles. The summed E-state index contributed by atoms with van der Waals surface area (Å²) in [5.41, 5.74) is -0.520. The van der Waals surface area contributed by atoms with Crippen molar-refractivity contribution in [1.82, 2.24) is 0 Å². The summed E-state index contributed by atoms with van der Waals surface area (Å²) in [6, 6.07) is 9.64. The van der Waals surface area contributed by atoms with Crippen LogP contribution < -0.4 is 0 Å². The van der Waals surface area contributed by atoms with E-state index in [1.54, 1.807) is 13.8 Å². The summed E-state index contributed by atoms with van der Waals surface area (Å²) in [6.45, 7) is 3.79. The maximum atomic E-state index is 14.8. The van der Waals surface area contributed by atoms with Gasteiger partial charge in [-0.3, -0.25) is 4.79 Å². The Labute approximate surface area is 125 Å². The summed E-state index contributed by atoms with van der Waals surface area (Å²) < 4.78 is 20.0. The number of alkyl halides is 1. The zero-order valence-electron chi connectivity index (χ0n) is 12.6. The number of ether oxygens (including phenoxy) is 1.